The summed E-state index contributed by atoms with van der Waals surface area (Å²) in [6.45, 7) is 0.602. The van der Waals surface area contributed by atoms with E-state index in [2.05, 4.69) is 32.6 Å². The lowest BCUT2D eigenvalue weighted by molar-refractivity contribution is -0.118. The minimum atomic E-state index is -0.0302. The number of anilines is 1. The van der Waals surface area contributed by atoms with Crippen molar-refractivity contribution in [1.29, 1.82) is 0 Å². The third kappa shape index (κ3) is 5.71. The third-order valence-corrected chi connectivity index (χ3v) is 6.19. The van der Waals surface area contributed by atoms with Gasteiger partial charge >= 0.3 is 0 Å². The van der Waals surface area contributed by atoms with Crippen molar-refractivity contribution in [2.75, 3.05) is 18.0 Å². The maximum absolute atomic E-state index is 12.3. The van der Waals surface area contributed by atoms with E-state index in [0.717, 1.165) is 23.6 Å². The van der Waals surface area contributed by atoms with Crippen LogP contribution in [0.5, 0.6) is 0 Å². The number of carbonyl (C=O) groups excluding carboxylic acids is 1. The van der Waals surface area contributed by atoms with Crippen LogP contribution < -0.4 is 11.1 Å². The molecule has 0 unspecified atom stereocenters. The number of carbonyl (C=O) groups is 1. The molecule has 2 aromatic heterocycles. The van der Waals surface area contributed by atoms with Gasteiger partial charge in [0.2, 0.25) is 5.91 Å². The van der Waals surface area contributed by atoms with Crippen molar-refractivity contribution in [1.82, 2.24) is 25.1 Å². The second-order valence-corrected chi connectivity index (χ2v) is 8.63. The van der Waals surface area contributed by atoms with Crippen LogP contribution in [0.15, 0.2) is 71.2 Å². The van der Waals surface area contributed by atoms with Crippen LogP contribution in [0.2, 0.25) is 0 Å². The molecule has 2 heterocycles. The van der Waals surface area contributed by atoms with Crippen molar-refractivity contribution in [3.63, 3.8) is 0 Å². The highest BCUT2D eigenvalue weighted by molar-refractivity contribution is 7.99. The van der Waals surface area contributed by atoms with Gasteiger partial charge in [-0.25, -0.2) is 4.98 Å². The predicted molar refractivity (Wildman–Crippen MR) is 125 cm³/mol. The van der Waals surface area contributed by atoms with E-state index in [1.165, 1.54) is 28.7 Å². The number of hydrogen-bond donors (Lipinski definition) is 2. The molecule has 0 aliphatic rings. The van der Waals surface area contributed by atoms with Gasteiger partial charge in [0, 0.05) is 17.6 Å². The van der Waals surface area contributed by atoms with Gasteiger partial charge < -0.3 is 11.1 Å². The Hall–Kier alpha value is -3.17. The summed E-state index contributed by atoms with van der Waals surface area (Å²) in [5.74, 6) is 0.990. The van der Waals surface area contributed by atoms with Crippen molar-refractivity contribution in [2.24, 2.45) is 0 Å². The van der Waals surface area contributed by atoms with Crippen LogP contribution in [-0.4, -0.2) is 38.0 Å². The number of thioether (sulfide) groups is 1. The molecule has 1 amide bonds. The van der Waals surface area contributed by atoms with Crippen molar-refractivity contribution in [2.45, 2.75) is 18.0 Å². The van der Waals surface area contributed by atoms with E-state index in [-0.39, 0.29) is 11.7 Å². The molecular formula is C22H22N6OS2. The summed E-state index contributed by atoms with van der Waals surface area (Å²) >= 11 is 2.77. The van der Waals surface area contributed by atoms with E-state index in [4.69, 9.17) is 5.73 Å². The van der Waals surface area contributed by atoms with E-state index in [1.807, 2.05) is 58.5 Å². The molecule has 7 nitrogen and oxygen atoms in total. The van der Waals surface area contributed by atoms with E-state index in [1.54, 1.807) is 0 Å². The lowest BCUT2D eigenvalue weighted by atomic mass is 10.1. The molecule has 4 aromatic rings. The maximum Gasteiger partial charge on any atom is 0.230 e. The van der Waals surface area contributed by atoms with E-state index in [0.29, 0.717) is 23.3 Å². The average molecular weight is 451 g/mol. The summed E-state index contributed by atoms with van der Waals surface area (Å²) < 4.78 is 1.97. The predicted octanol–water partition coefficient (Wildman–Crippen LogP) is 3.35. The minimum absolute atomic E-state index is 0.0302. The Morgan fingerprint density at radius 2 is 1.81 bits per heavy atom. The Labute approximate surface area is 188 Å². The molecule has 4 rings (SSSR count). The highest BCUT2D eigenvalue weighted by Crippen LogP contribution is 2.24. The number of rotatable bonds is 9. The molecule has 0 atom stereocenters. The van der Waals surface area contributed by atoms with Gasteiger partial charge in [-0.2, -0.15) is 0 Å². The summed E-state index contributed by atoms with van der Waals surface area (Å²) in [5, 5.41) is 14.8. The number of hydrogen-bond acceptors (Lipinski definition) is 7. The number of benzene rings is 2. The number of thiazole rings is 1. The second kappa shape index (κ2) is 10.2. The highest BCUT2D eigenvalue weighted by atomic mass is 32.2. The fraction of sp³-hybridized carbons (Fsp3) is 0.182. The first-order valence-electron chi connectivity index (χ1n) is 9.82. The summed E-state index contributed by atoms with van der Waals surface area (Å²) in [4.78, 5) is 16.7. The van der Waals surface area contributed by atoms with Crippen molar-refractivity contribution >= 4 is 34.1 Å². The molecule has 3 N–H and O–H groups in total. The zero-order chi connectivity index (χ0) is 21.5. The molecule has 2 aromatic carbocycles. The van der Waals surface area contributed by atoms with E-state index >= 15 is 0 Å². The first-order chi connectivity index (χ1) is 15.2. The van der Waals surface area contributed by atoms with Gasteiger partial charge in [0.15, 0.2) is 10.3 Å². The first-order valence-corrected chi connectivity index (χ1v) is 11.7. The Kier molecular flexibility index (Phi) is 6.96. The third-order valence-electron chi connectivity index (χ3n) is 4.53. The van der Waals surface area contributed by atoms with Gasteiger partial charge in [0.25, 0.3) is 0 Å². The molecule has 0 aliphatic carbocycles. The standard InChI is InChI=1S/C22H22N6OS2/c23-21-25-17(14-30-21)13-19-26-27-22(28(19)18-9-5-2-6-10-18)31-15-20(29)24-12-11-16-7-3-1-4-8-16/h1-10,14H,11-13,15H2,(H2,23,25)(H,24,29). The van der Waals surface area contributed by atoms with Crippen LogP contribution >= 0.6 is 23.1 Å². The number of para-hydroxylation sites is 1. The summed E-state index contributed by atoms with van der Waals surface area (Å²) in [6, 6.07) is 20.0. The minimum Gasteiger partial charge on any atom is -0.375 e. The molecule has 0 bridgehead atoms. The fourth-order valence-electron chi connectivity index (χ4n) is 3.08. The van der Waals surface area contributed by atoms with Gasteiger partial charge in [0.05, 0.1) is 17.9 Å². The number of nitrogens with zero attached hydrogens (tertiary/aromatic N) is 4. The van der Waals surface area contributed by atoms with E-state index < -0.39 is 0 Å². The summed E-state index contributed by atoms with van der Waals surface area (Å²) in [6.07, 6.45) is 1.32. The molecule has 0 fully saturated rings. The quantitative estimate of drug-likeness (QED) is 0.380. The van der Waals surface area contributed by atoms with Crippen molar-refractivity contribution in [3.05, 3.63) is 83.1 Å². The smallest absolute Gasteiger partial charge is 0.230 e. The topological polar surface area (TPSA) is 98.7 Å². The number of amides is 1. The average Bonchev–Trinajstić information content (AvgIpc) is 3.39. The molecule has 0 aliphatic heterocycles. The monoisotopic (exact) mass is 450 g/mol. The fourth-order valence-corrected chi connectivity index (χ4v) is 4.45. The Bertz CT molecular complexity index is 1130. The van der Waals surface area contributed by atoms with Gasteiger partial charge in [-0.15, -0.1) is 21.5 Å². The zero-order valence-corrected chi connectivity index (χ0v) is 18.4. The number of aromatic nitrogens is 4. The van der Waals surface area contributed by atoms with Crippen LogP contribution in [0, 0.1) is 0 Å². The van der Waals surface area contributed by atoms with Gasteiger partial charge in [0.1, 0.15) is 5.82 Å². The molecule has 9 heteroatoms. The van der Waals surface area contributed by atoms with Crippen LogP contribution in [0.4, 0.5) is 5.13 Å². The largest absolute Gasteiger partial charge is 0.375 e. The molecule has 0 saturated carbocycles. The van der Waals surface area contributed by atoms with Gasteiger partial charge in [-0.3, -0.25) is 9.36 Å². The van der Waals surface area contributed by atoms with Crippen LogP contribution in [0.3, 0.4) is 0 Å². The Morgan fingerprint density at radius 3 is 2.52 bits per heavy atom. The molecule has 0 spiro atoms. The number of nitrogen functional groups attached to an aromatic ring is 1. The number of nitrogens with two attached hydrogens (primary N) is 1. The van der Waals surface area contributed by atoms with Crippen molar-refractivity contribution in [3.8, 4) is 5.69 Å². The van der Waals surface area contributed by atoms with E-state index in [9.17, 15) is 4.79 Å². The summed E-state index contributed by atoms with van der Waals surface area (Å²) in [7, 11) is 0. The number of nitrogens with one attached hydrogen (secondary N) is 1. The molecule has 31 heavy (non-hydrogen) atoms. The second-order valence-electron chi connectivity index (χ2n) is 6.80. The highest BCUT2D eigenvalue weighted by Gasteiger charge is 2.17. The Balaban J connectivity index is 1.42. The normalized spacial score (nSPS) is 10.8. The lowest BCUT2D eigenvalue weighted by Gasteiger charge is -2.10. The molecule has 158 valence electrons. The molecule has 0 radical (unpaired) electrons. The molecule has 0 saturated heterocycles. The van der Waals surface area contributed by atoms with Gasteiger partial charge in [-0.1, -0.05) is 60.3 Å². The van der Waals surface area contributed by atoms with Crippen molar-refractivity contribution < 1.29 is 4.79 Å². The van der Waals surface area contributed by atoms with Crippen LogP contribution in [0.25, 0.3) is 5.69 Å². The SMILES string of the molecule is Nc1nc(Cc2nnc(SCC(=O)NCCc3ccccc3)n2-c2ccccc2)cs1. The summed E-state index contributed by atoms with van der Waals surface area (Å²) in [5.41, 5.74) is 8.75. The van der Waals surface area contributed by atoms with Crippen LogP contribution in [0.1, 0.15) is 17.1 Å². The zero-order valence-electron chi connectivity index (χ0n) is 16.8. The first kappa shape index (κ1) is 21.1. The Morgan fingerprint density at radius 1 is 1.06 bits per heavy atom. The molecular weight excluding hydrogens is 428 g/mol. The maximum atomic E-state index is 12.3. The van der Waals surface area contributed by atoms with Gasteiger partial charge in [-0.05, 0) is 24.1 Å². The lowest BCUT2D eigenvalue weighted by Crippen LogP contribution is -2.27. The van der Waals surface area contributed by atoms with Crippen LogP contribution in [-0.2, 0) is 17.6 Å².